The molecule has 0 saturated heterocycles. The molecule has 168 valence electrons. The van der Waals surface area contributed by atoms with Crippen molar-refractivity contribution in [2.24, 2.45) is 5.10 Å². The van der Waals surface area contributed by atoms with Crippen LogP contribution in [0.25, 0.3) is 0 Å². The number of hydrazone groups is 1. The summed E-state index contributed by atoms with van der Waals surface area (Å²) in [6, 6.07) is 4.99. The lowest BCUT2D eigenvalue weighted by molar-refractivity contribution is -0.126. The minimum Gasteiger partial charge on any atom is -0.347 e. The molecule has 0 aromatic heterocycles. The molecule has 0 saturated carbocycles. The number of unbranched alkanes of at least 4 members (excludes halogenated alkanes) is 10. The summed E-state index contributed by atoms with van der Waals surface area (Å²) in [7, 11) is 0. The summed E-state index contributed by atoms with van der Waals surface area (Å²) < 4.78 is 0. The van der Waals surface area contributed by atoms with E-state index in [0.717, 1.165) is 12.8 Å². The number of rotatable bonds is 16. The maximum absolute atomic E-state index is 11.8. The maximum atomic E-state index is 11.8. The molecule has 1 rings (SSSR count). The SMILES string of the molecule is CCCCCCCCCCCCCC(=O)NCC(=O)N/N=C/c1ccc(Cl)cc1Cl. The third-order valence-corrected chi connectivity index (χ3v) is 5.37. The fourth-order valence-electron chi connectivity index (χ4n) is 3.04. The second-order valence-electron chi connectivity index (χ2n) is 7.52. The number of amides is 2. The van der Waals surface area contributed by atoms with Crippen LogP contribution in [-0.2, 0) is 9.59 Å². The van der Waals surface area contributed by atoms with Gasteiger partial charge in [-0.3, -0.25) is 9.59 Å². The third-order valence-electron chi connectivity index (χ3n) is 4.81. The van der Waals surface area contributed by atoms with Gasteiger partial charge in [0.2, 0.25) is 5.91 Å². The van der Waals surface area contributed by atoms with Crippen molar-refractivity contribution in [2.45, 2.75) is 84.0 Å². The highest BCUT2D eigenvalue weighted by Crippen LogP contribution is 2.19. The van der Waals surface area contributed by atoms with Gasteiger partial charge in [0.15, 0.2) is 0 Å². The van der Waals surface area contributed by atoms with Crippen molar-refractivity contribution in [3.8, 4) is 0 Å². The topological polar surface area (TPSA) is 70.6 Å². The summed E-state index contributed by atoms with van der Waals surface area (Å²) >= 11 is 11.8. The fraction of sp³-hybridized carbons (Fsp3) is 0.609. The molecule has 0 unspecified atom stereocenters. The van der Waals surface area contributed by atoms with Gasteiger partial charge in [-0.15, -0.1) is 0 Å². The first-order chi connectivity index (χ1) is 14.5. The Kier molecular flexibility index (Phi) is 15.1. The number of nitrogens with one attached hydrogen (secondary N) is 2. The molecule has 30 heavy (non-hydrogen) atoms. The van der Waals surface area contributed by atoms with Crippen LogP contribution in [0.15, 0.2) is 23.3 Å². The number of carbonyl (C=O) groups excluding carboxylic acids is 2. The lowest BCUT2D eigenvalue weighted by Crippen LogP contribution is -2.34. The molecule has 0 bridgehead atoms. The lowest BCUT2D eigenvalue weighted by atomic mass is 10.1. The van der Waals surface area contributed by atoms with E-state index in [1.807, 2.05) is 0 Å². The fourth-order valence-corrected chi connectivity index (χ4v) is 3.49. The summed E-state index contributed by atoms with van der Waals surface area (Å²) in [6.07, 6.45) is 15.6. The van der Waals surface area contributed by atoms with Crippen molar-refractivity contribution in [2.75, 3.05) is 6.54 Å². The molecule has 0 heterocycles. The monoisotopic (exact) mass is 455 g/mol. The van der Waals surface area contributed by atoms with Crippen LogP contribution in [0.1, 0.15) is 89.5 Å². The summed E-state index contributed by atoms with van der Waals surface area (Å²) in [5.74, 6) is -0.491. The van der Waals surface area contributed by atoms with E-state index in [0.29, 0.717) is 22.0 Å². The average molecular weight is 456 g/mol. The van der Waals surface area contributed by atoms with Crippen molar-refractivity contribution in [1.29, 1.82) is 0 Å². The summed E-state index contributed by atoms with van der Waals surface area (Å²) in [4.78, 5) is 23.6. The van der Waals surface area contributed by atoms with Gasteiger partial charge in [0, 0.05) is 17.0 Å². The van der Waals surface area contributed by atoms with Crippen molar-refractivity contribution in [1.82, 2.24) is 10.7 Å². The number of nitrogens with zero attached hydrogens (tertiary/aromatic N) is 1. The molecular weight excluding hydrogens is 421 g/mol. The standard InChI is InChI=1S/C23H35Cl2N3O2/c1-2-3-4-5-6-7-8-9-10-11-12-13-22(29)26-18-23(30)28-27-17-19-14-15-20(24)16-21(19)25/h14-17H,2-13,18H2,1H3,(H,26,29)(H,28,30)/b27-17+. The molecule has 0 fully saturated rings. The van der Waals surface area contributed by atoms with Crippen LogP contribution in [0.2, 0.25) is 10.0 Å². The van der Waals surface area contributed by atoms with Gasteiger partial charge in [-0.2, -0.15) is 5.10 Å². The van der Waals surface area contributed by atoms with Crippen molar-refractivity contribution in [3.05, 3.63) is 33.8 Å². The normalized spacial score (nSPS) is 11.0. The van der Waals surface area contributed by atoms with Crippen LogP contribution in [0, 0.1) is 0 Å². The Bertz CT molecular complexity index is 666. The highest BCUT2D eigenvalue weighted by Gasteiger charge is 2.05. The number of halogens is 2. The lowest BCUT2D eigenvalue weighted by Gasteiger charge is -2.05. The quantitative estimate of drug-likeness (QED) is 0.175. The van der Waals surface area contributed by atoms with Gasteiger partial charge in [-0.1, -0.05) is 100 Å². The molecule has 0 aliphatic rings. The molecule has 0 atom stereocenters. The molecule has 0 spiro atoms. The Balaban J connectivity index is 2.00. The van der Waals surface area contributed by atoms with E-state index in [4.69, 9.17) is 23.2 Å². The van der Waals surface area contributed by atoms with Crippen molar-refractivity contribution in [3.63, 3.8) is 0 Å². The number of hydrogen-bond acceptors (Lipinski definition) is 3. The van der Waals surface area contributed by atoms with Gasteiger partial charge in [-0.05, 0) is 18.6 Å². The number of benzene rings is 1. The van der Waals surface area contributed by atoms with Crippen LogP contribution in [0.3, 0.4) is 0 Å². The maximum Gasteiger partial charge on any atom is 0.259 e. The van der Waals surface area contributed by atoms with Crippen molar-refractivity contribution >= 4 is 41.2 Å². The molecule has 0 aliphatic carbocycles. The average Bonchev–Trinajstić information content (AvgIpc) is 2.72. The van der Waals surface area contributed by atoms with E-state index in [2.05, 4.69) is 22.8 Å². The van der Waals surface area contributed by atoms with Crippen LogP contribution in [-0.4, -0.2) is 24.6 Å². The van der Waals surface area contributed by atoms with E-state index in [1.165, 1.54) is 64.0 Å². The summed E-state index contributed by atoms with van der Waals surface area (Å²) in [5, 5.41) is 7.43. The third kappa shape index (κ3) is 13.6. The first-order valence-corrected chi connectivity index (χ1v) is 11.8. The van der Waals surface area contributed by atoms with Gasteiger partial charge in [-0.25, -0.2) is 5.43 Å². The largest absolute Gasteiger partial charge is 0.347 e. The zero-order valence-electron chi connectivity index (χ0n) is 18.0. The Morgan fingerprint density at radius 1 is 0.900 bits per heavy atom. The summed E-state index contributed by atoms with van der Waals surface area (Å²) in [6.45, 7) is 2.15. The molecule has 2 amide bonds. The van der Waals surface area contributed by atoms with Crippen LogP contribution >= 0.6 is 23.2 Å². The predicted molar refractivity (Wildman–Crippen MR) is 126 cm³/mol. The Labute approximate surface area is 191 Å². The molecular formula is C23H35Cl2N3O2. The predicted octanol–water partition coefficient (Wildman–Crippen LogP) is 6.26. The van der Waals surface area contributed by atoms with Gasteiger partial charge >= 0.3 is 0 Å². The van der Waals surface area contributed by atoms with Crippen molar-refractivity contribution < 1.29 is 9.59 Å². The van der Waals surface area contributed by atoms with Gasteiger partial charge < -0.3 is 5.32 Å². The number of hydrogen-bond donors (Lipinski definition) is 2. The minimum atomic E-state index is -0.386. The van der Waals surface area contributed by atoms with Crippen LogP contribution in [0.5, 0.6) is 0 Å². The minimum absolute atomic E-state index is 0.0947. The van der Waals surface area contributed by atoms with E-state index in [9.17, 15) is 9.59 Å². The molecule has 1 aromatic rings. The van der Waals surface area contributed by atoms with Gasteiger partial charge in [0.05, 0.1) is 17.8 Å². The smallest absolute Gasteiger partial charge is 0.259 e. The van der Waals surface area contributed by atoms with E-state index < -0.39 is 0 Å². The highest BCUT2D eigenvalue weighted by molar-refractivity contribution is 6.36. The first kappa shape index (κ1) is 26.4. The molecule has 7 heteroatoms. The Morgan fingerprint density at radius 2 is 1.50 bits per heavy atom. The summed E-state index contributed by atoms with van der Waals surface area (Å²) in [5.41, 5.74) is 3.00. The molecule has 0 aliphatic heterocycles. The zero-order chi connectivity index (χ0) is 22.0. The first-order valence-electron chi connectivity index (χ1n) is 11.1. The van der Waals surface area contributed by atoms with Gasteiger partial charge in [0.25, 0.3) is 5.91 Å². The second kappa shape index (κ2) is 17.1. The van der Waals surface area contributed by atoms with Crippen LogP contribution < -0.4 is 10.7 Å². The molecule has 1 aromatic carbocycles. The molecule has 2 N–H and O–H groups in total. The Hall–Kier alpha value is -1.59. The van der Waals surface area contributed by atoms with E-state index >= 15 is 0 Å². The van der Waals surface area contributed by atoms with E-state index in [1.54, 1.807) is 18.2 Å². The number of carbonyl (C=O) groups is 2. The highest BCUT2D eigenvalue weighted by atomic mass is 35.5. The zero-order valence-corrected chi connectivity index (χ0v) is 19.5. The second-order valence-corrected chi connectivity index (χ2v) is 8.36. The van der Waals surface area contributed by atoms with E-state index in [-0.39, 0.29) is 18.4 Å². The van der Waals surface area contributed by atoms with Crippen LogP contribution in [0.4, 0.5) is 0 Å². The molecule has 5 nitrogen and oxygen atoms in total. The molecule has 0 radical (unpaired) electrons. The Morgan fingerprint density at radius 3 is 2.10 bits per heavy atom. The van der Waals surface area contributed by atoms with Gasteiger partial charge in [0.1, 0.15) is 0 Å².